The molecule has 7 heteroatoms. The molecule has 1 aliphatic heterocycles. The first-order valence-corrected chi connectivity index (χ1v) is 8.70. The second kappa shape index (κ2) is 6.80. The molecule has 0 unspecified atom stereocenters. The third-order valence-corrected chi connectivity index (χ3v) is 4.53. The highest BCUT2D eigenvalue weighted by atomic mass is 35.5. The number of rotatable bonds is 2. The van der Waals surface area contributed by atoms with Gasteiger partial charge in [-0.05, 0) is 42.8 Å². The van der Waals surface area contributed by atoms with Gasteiger partial charge in [-0.1, -0.05) is 17.7 Å². The zero-order valence-electron chi connectivity index (χ0n) is 14.2. The lowest BCUT2D eigenvalue weighted by Gasteiger charge is -2.22. The fourth-order valence-corrected chi connectivity index (χ4v) is 3.26. The first-order chi connectivity index (χ1) is 12.7. The topological polar surface area (TPSA) is 68.5 Å². The summed E-state index contributed by atoms with van der Waals surface area (Å²) in [5.41, 5.74) is 2.45. The number of ether oxygens (including phenoxy) is 1. The number of carbonyl (C=O) groups excluding carboxylic acids is 1. The zero-order valence-corrected chi connectivity index (χ0v) is 15.0. The quantitative estimate of drug-likeness (QED) is 0.703. The Balaban J connectivity index is 1.98. The van der Waals surface area contributed by atoms with Crippen LogP contribution in [0, 0.1) is 0 Å². The van der Waals surface area contributed by atoms with Crippen LogP contribution < -0.4 is 10.9 Å². The van der Waals surface area contributed by atoms with E-state index in [2.05, 4.69) is 14.9 Å². The Morgan fingerprint density at radius 3 is 3.00 bits per heavy atom. The molecule has 4 rings (SSSR count). The van der Waals surface area contributed by atoms with Gasteiger partial charge in [0.05, 0.1) is 23.9 Å². The minimum absolute atomic E-state index is 0.389. The van der Waals surface area contributed by atoms with Gasteiger partial charge in [0.2, 0.25) is 5.62 Å². The van der Waals surface area contributed by atoms with E-state index in [1.807, 2.05) is 18.2 Å². The van der Waals surface area contributed by atoms with Crippen LogP contribution in [0.5, 0.6) is 0 Å². The number of aromatic nitrogens is 2. The van der Waals surface area contributed by atoms with Crippen molar-refractivity contribution in [3.63, 3.8) is 0 Å². The Morgan fingerprint density at radius 1 is 1.31 bits per heavy atom. The van der Waals surface area contributed by atoms with E-state index < -0.39 is 0 Å². The number of nitrogens with zero attached hydrogens (tertiary/aromatic N) is 3. The monoisotopic (exact) mass is 368 g/mol. The average molecular weight is 369 g/mol. The van der Waals surface area contributed by atoms with Crippen LogP contribution in [0.25, 0.3) is 10.9 Å². The van der Waals surface area contributed by atoms with Gasteiger partial charge in [-0.2, -0.15) is 0 Å². The smallest absolute Gasteiger partial charge is 0.337 e. The van der Waals surface area contributed by atoms with Crippen molar-refractivity contribution in [1.29, 1.82) is 0 Å². The lowest BCUT2D eigenvalue weighted by atomic mass is 10.1. The van der Waals surface area contributed by atoms with Gasteiger partial charge in [-0.3, -0.25) is 4.57 Å². The van der Waals surface area contributed by atoms with Crippen molar-refractivity contribution in [3.8, 4) is 0 Å². The van der Waals surface area contributed by atoms with Crippen molar-refractivity contribution in [2.24, 2.45) is 4.99 Å². The first-order valence-electron chi connectivity index (χ1n) is 8.33. The molecule has 6 nitrogen and oxygen atoms in total. The van der Waals surface area contributed by atoms with Gasteiger partial charge in [0.25, 0.3) is 0 Å². The number of methoxy groups -OCH3 is 1. The van der Waals surface area contributed by atoms with E-state index in [9.17, 15) is 4.79 Å². The number of nitrogens with one attached hydrogen (secondary N) is 1. The highest BCUT2D eigenvalue weighted by Crippen LogP contribution is 2.24. The second-order valence-corrected chi connectivity index (χ2v) is 6.44. The van der Waals surface area contributed by atoms with Crippen LogP contribution in [-0.2, 0) is 11.3 Å². The molecule has 1 N–H and O–H groups in total. The number of halogens is 1. The third-order valence-electron chi connectivity index (χ3n) is 4.29. The van der Waals surface area contributed by atoms with Crippen molar-refractivity contribution in [2.45, 2.75) is 13.0 Å². The van der Waals surface area contributed by atoms with Crippen LogP contribution in [0.4, 0.5) is 11.5 Å². The number of esters is 1. The van der Waals surface area contributed by atoms with Crippen LogP contribution in [0.15, 0.2) is 47.5 Å². The van der Waals surface area contributed by atoms with Gasteiger partial charge < -0.3 is 10.1 Å². The summed E-state index contributed by atoms with van der Waals surface area (Å²) in [6.07, 6.45) is 0.989. The van der Waals surface area contributed by atoms with E-state index >= 15 is 0 Å². The molecule has 2 heterocycles. The molecular formula is C19H17ClN4O2. The van der Waals surface area contributed by atoms with Gasteiger partial charge in [0.15, 0.2) is 0 Å². The van der Waals surface area contributed by atoms with Gasteiger partial charge in [-0.15, -0.1) is 0 Å². The fraction of sp³-hybridized carbons (Fsp3) is 0.211. The lowest BCUT2D eigenvalue weighted by Crippen LogP contribution is -2.31. The molecule has 2 aromatic carbocycles. The molecule has 26 heavy (non-hydrogen) atoms. The van der Waals surface area contributed by atoms with Crippen molar-refractivity contribution >= 4 is 40.0 Å². The molecule has 0 amide bonds. The van der Waals surface area contributed by atoms with Crippen LogP contribution in [0.2, 0.25) is 5.02 Å². The molecule has 0 bridgehead atoms. The van der Waals surface area contributed by atoms with Gasteiger partial charge in [0, 0.05) is 23.5 Å². The molecule has 0 radical (unpaired) electrons. The van der Waals surface area contributed by atoms with Crippen LogP contribution in [0.1, 0.15) is 16.8 Å². The molecule has 132 valence electrons. The molecule has 0 spiro atoms. The van der Waals surface area contributed by atoms with E-state index in [1.54, 1.807) is 24.3 Å². The number of hydrogen-bond acceptors (Lipinski definition) is 5. The summed E-state index contributed by atoms with van der Waals surface area (Å²) in [5.74, 6) is 0.568. The molecule has 0 saturated heterocycles. The first kappa shape index (κ1) is 16.6. The Kier molecular flexibility index (Phi) is 4.34. The second-order valence-electron chi connectivity index (χ2n) is 6.01. The van der Waals surface area contributed by atoms with E-state index in [4.69, 9.17) is 21.3 Å². The summed E-state index contributed by atoms with van der Waals surface area (Å²) < 4.78 is 6.87. The molecule has 0 saturated carbocycles. The molecule has 1 aromatic heterocycles. The summed E-state index contributed by atoms with van der Waals surface area (Å²) in [5, 5.41) is 5.00. The number of hydrogen-bond donors (Lipinski definition) is 1. The molecule has 0 atom stereocenters. The van der Waals surface area contributed by atoms with Gasteiger partial charge >= 0.3 is 5.97 Å². The minimum Gasteiger partial charge on any atom is -0.465 e. The molecule has 1 aliphatic rings. The van der Waals surface area contributed by atoms with Gasteiger partial charge in [-0.25, -0.2) is 14.8 Å². The third kappa shape index (κ3) is 3.04. The largest absolute Gasteiger partial charge is 0.465 e. The molecule has 0 aliphatic carbocycles. The van der Waals surface area contributed by atoms with E-state index in [0.717, 1.165) is 36.4 Å². The minimum atomic E-state index is -0.389. The summed E-state index contributed by atoms with van der Waals surface area (Å²) in [6.45, 7) is 1.71. The standard InChI is InChI=1S/C19H17ClN4O2/c1-26-18(25)12-6-7-15-16(10-12)23-19(24-9-3-8-21-17(15)24)22-14-5-2-4-13(20)11-14/h2,4-7,10-11,21H,3,8-9H2,1H3. The van der Waals surface area contributed by atoms with E-state index in [1.165, 1.54) is 7.11 Å². The Morgan fingerprint density at radius 2 is 2.19 bits per heavy atom. The normalized spacial score (nSPS) is 14.0. The fourth-order valence-electron chi connectivity index (χ4n) is 3.08. The Bertz CT molecular complexity index is 1070. The van der Waals surface area contributed by atoms with Crippen molar-refractivity contribution in [1.82, 2.24) is 9.55 Å². The predicted octanol–water partition coefficient (Wildman–Crippen LogP) is 3.52. The summed E-state index contributed by atoms with van der Waals surface area (Å²) >= 11 is 6.07. The number of anilines is 1. The predicted molar refractivity (Wildman–Crippen MR) is 101 cm³/mol. The number of fused-ring (bicyclic) bond motifs is 3. The zero-order chi connectivity index (χ0) is 18.1. The highest BCUT2D eigenvalue weighted by molar-refractivity contribution is 6.30. The maximum atomic E-state index is 11.9. The molecule has 3 aromatic rings. The summed E-state index contributed by atoms with van der Waals surface area (Å²) in [4.78, 5) is 21.2. The SMILES string of the molecule is COC(=O)c1ccc2c3n(c(=Nc4cccc(Cl)c4)nc2c1)CCCN3. The maximum absolute atomic E-state index is 11.9. The lowest BCUT2D eigenvalue weighted by molar-refractivity contribution is 0.0601. The van der Waals surface area contributed by atoms with Crippen molar-refractivity contribution < 1.29 is 9.53 Å². The maximum Gasteiger partial charge on any atom is 0.337 e. The van der Waals surface area contributed by atoms with Crippen LogP contribution in [-0.4, -0.2) is 29.2 Å². The van der Waals surface area contributed by atoms with Crippen molar-refractivity contribution in [3.05, 3.63) is 58.7 Å². The van der Waals surface area contributed by atoms with Crippen LogP contribution in [0.3, 0.4) is 0 Å². The number of benzene rings is 2. The number of carbonyl (C=O) groups is 1. The van der Waals surface area contributed by atoms with Crippen molar-refractivity contribution in [2.75, 3.05) is 19.0 Å². The average Bonchev–Trinajstić information content (AvgIpc) is 2.67. The Labute approximate surface area is 155 Å². The summed E-state index contributed by atoms with van der Waals surface area (Å²) in [7, 11) is 1.37. The summed E-state index contributed by atoms with van der Waals surface area (Å²) in [6, 6.07) is 12.7. The van der Waals surface area contributed by atoms with E-state index in [-0.39, 0.29) is 5.97 Å². The van der Waals surface area contributed by atoms with E-state index in [0.29, 0.717) is 21.7 Å². The molecule has 0 fully saturated rings. The Hall–Kier alpha value is -2.86. The molecular weight excluding hydrogens is 352 g/mol. The van der Waals surface area contributed by atoms with Crippen LogP contribution >= 0.6 is 11.6 Å². The van der Waals surface area contributed by atoms with Gasteiger partial charge in [0.1, 0.15) is 5.82 Å². The highest BCUT2D eigenvalue weighted by Gasteiger charge is 2.16.